The van der Waals surface area contributed by atoms with Gasteiger partial charge in [0.2, 0.25) is 14.8 Å². The van der Waals surface area contributed by atoms with Crippen LogP contribution in [0.2, 0.25) is 5.02 Å². The minimum absolute atomic E-state index is 0.00956. The predicted octanol–water partition coefficient (Wildman–Crippen LogP) is 3.61. The van der Waals surface area contributed by atoms with Crippen molar-refractivity contribution in [3.8, 4) is 5.75 Å². The lowest BCUT2D eigenvalue weighted by molar-refractivity contribution is -0.385. The van der Waals surface area contributed by atoms with Crippen LogP contribution in [0.25, 0.3) is 0 Å². The van der Waals surface area contributed by atoms with Gasteiger partial charge in [0.1, 0.15) is 0 Å². The van der Waals surface area contributed by atoms with Crippen LogP contribution >= 0.6 is 22.3 Å². The number of nitrogens with zero attached hydrogens (tertiary/aromatic N) is 1. The smallest absolute Gasteiger partial charge is 0.312 e. The van der Waals surface area contributed by atoms with Gasteiger partial charge in [0.25, 0.3) is 0 Å². The zero-order valence-corrected chi connectivity index (χ0v) is 13.6. The molecule has 0 aliphatic rings. The Morgan fingerprint density at radius 1 is 1.43 bits per heavy atom. The summed E-state index contributed by atoms with van der Waals surface area (Å²) in [4.78, 5) is 10.3. The number of halogens is 2. The quantitative estimate of drug-likeness (QED) is 0.403. The molecule has 6 nitrogen and oxygen atoms in total. The second-order valence-corrected chi connectivity index (χ2v) is 7.75. The molecule has 0 bridgehead atoms. The maximum absolute atomic E-state index is 11.1. The largest absolute Gasteiger partial charge is 0.485 e. The SMILES string of the molecule is CCCC(COc1c(Cl)cccc1[N+](=O)[O-])CS(=O)(=O)Cl. The first-order chi connectivity index (χ1) is 9.74. The Bertz CT molecular complexity index is 606. The third-order valence-electron chi connectivity index (χ3n) is 2.74. The van der Waals surface area contributed by atoms with Crippen LogP contribution in [0.15, 0.2) is 18.2 Å². The first-order valence-corrected chi connectivity index (χ1v) is 9.08. The van der Waals surface area contributed by atoms with Gasteiger partial charge in [0, 0.05) is 22.7 Å². The van der Waals surface area contributed by atoms with E-state index in [1.54, 1.807) is 0 Å². The fourth-order valence-electron chi connectivity index (χ4n) is 1.89. The van der Waals surface area contributed by atoms with E-state index >= 15 is 0 Å². The summed E-state index contributed by atoms with van der Waals surface area (Å²) in [6.07, 6.45) is 1.31. The molecule has 0 aliphatic heterocycles. The van der Waals surface area contributed by atoms with Crippen LogP contribution in [0.4, 0.5) is 5.69 Å². The molecule has 1 aromatic carbocycles. The normalized spacial score (nSPS) is 12.9. The Hall–Kier alpha value is -1.05. The first kappa shape index (κ1) is 18.0. The number of hydrogen-bond donors (Lipinski definition) is 0. The lowest BCUT2D eigenvalue weighted by Crippen LogP contribution is -2.20. The van der Waals surface area contributed by atoms with E-state index in [-0.39, 0.29) is 34.7 Å². The van der Waals surface area contributed by atoms with Gasteiger partial charge in [-0.25, -0.2) is 8.42 Å². The van der Waals surface area contributed by atoms with Crippen LogP contribution in [0.1, 0.15) is 19.8 Å². The zero-order valence-electron chi connectivity index (χ0n) is 11.3. The summed E-state index contributed by atoms with van der Waals surface area (Å²) < 4.78 is 27.7. The van der Waals surface area contributed by atoms with Crippen molar-refractivity contribution < 1.29 is 18.1 Å². The van der Waals surface area contributed by atoms with Crippen molar-refractivity contribution in [2.45, 2.75) is 19.8 Å². The summed E-state index contributed by atoms with van der Waals surface area (Å²) in [6.45, 7) is 1.89. The van der Waals surface area contributed by atoms with Crippen LogP contribution in [0, 0.1) is 16.0 Å². The molecule has 0 fully saturated rings. The molecule has 0 spiro atoms. The van der Waals surface area contributed by atoms with Crippen molar-refractivity contribution in [2.75, 3.05) is 12.4 Å². The Labute approximate surface area is 132 Å². The van der Waals surface area contributed by atoms with Crippen LogP contribution in [-0.2, 0) is 9.05 Å². The lowest BCUT2D eigenvalue weighted by Gasteiger charge is -2.16. The van der Waals surface area contributed by atoms with Crippen LogP contribution < -0.4 is 4.74 Å². The maximum Gasteiger partial charge on any atom is 0.312 e. The molecule has 0 radical (unpaired) electrons. The van der Waals surface area contributed by atoms with E-state index < -0.39 is 14.0 Å². The third kappa shape index (κ3) is 6.07. The number of nitro benzene ring substituents is 1. The van der Waals surface area contributed by atoms with Crippen LogP contribution in [0.5, 0.6) is 5.75 Å². The highest BCUT2D eigenvalue weighted by molar-refractivity contribution is 8.13. The molecule has 1 atom stereocenters. The predicted molar refractivity (Wildman–Crippen MR) is 81.6 cm³/mol. The highest BCUT2D eigenvalue weighted by atomic mass is 35.7. The van der Waals surface area contributed by atoms with Gasteiger partial charge < -0.3 is 4.74 Å². The molecule has 1 unspecified atom stereocenters. The molecule has 9 heteroatoms. The number of benzene rings is 1. The third-order valence-corrected chi connectivity index (χ3v) is 4.28. The number of hydrogen-bond acceptors (Lipinski definition) is 5. The number of rotatable bonds is 8. The first-order valence-electron chi connectivity index (χ1n) is 6.22. The fourth-order valence-corrected chi connectivity index (χ4v) is 3.47. The molecular formula is C12H15Cl2NO5S. The highest BCUT2D eigenvalue weighted by Gasteiger charge is 2.22. The summed E-state index contributed by atoms with van der Waals surface area (Å²) in [6, 6.07) is 4.19. The van der Waals surface area contributed by atoms with E-state index in [2.05, 4.69) is 0 Å². The topological polar surface area (TPSA) is 86.5 Å². The second kappa shape index (κ2) is 7.82. The van der Waals surface area contributed by atoms with Crippen molar-refractivity contribution in [2.24, 2.45) is 5.92 Å². The van der Waals surface area contributed by atoms with Crippen molar-refractivity contribution in [3.05, 3.63) is 33.3 Å². The highest BCUT2D eigenvalue weighted by Crippen LogP contribution is 2.34. The van der Waals surface area contributed by atoms with Crippen LogP contribution in [0.3, 0.4) is 0 Å². The van der Waals surface area contributed by atoms with E-state index in [0.29, 0.717) is 6.42 Å². The molecule has 0 heterocycles. The number of para-hydroxylation sites is 1. The Kier molecular flexibility index (Phi) is 6.70. The fraction of sp³-hybridized carbons (Fsp3) is 0.500. The maximum atomic E-state index is 11.1. The number of nitro groups is 1. The number of ether oxygens (including phenoxy) is 1. The van der Waals surface area contributed by atoms with Crippen molar-refractivity contribution >= 4 is 37.0 Å². The van der Waals surface area contributed by atoms with Crippen molar-refractivity contribution in [1.82, 2.24) is 0 Å². The minimum Gasteiger partial charge on any atom is -0.485 e. The Morgan fingerprint density at radius 2 is 2.10 bits per heavy atom. The molecule has 0 saturated heterocycles. The van der Waals surface area contributed by atoms with E-state index in [0.717, 1.165) is 6.42 Å². The van der Waals surface area contributed by atoms with E-state index in [4.69, 9.17) is 27.0 Å². The van der Waals surface area contributed by atoms with Gasteiger partial charge >= 0.3 is 5.69 Å². The molecule has 0 saturated carbocycles. The second-order valence-electron chi connectivity index (χ2n) is 4.52. The minimum atomic E-state index is -3.66. The van der Waals surface area contributed by atoms with Gasteiger partial charge in [0.05, 0.1) is 22.3 Å². The van der Waals surface area contributed by atoms with Gasteiger partial charge in [-0.3, -0.25) is 10.1 Å². The Morgan fingerprint density at radius 3 is 2.62 bits per heavy atom. The molecule has 0 aromatic heterocycles. The average Bonchev–Trinajstić information content (AvgIpc) is 2.35. The summed E-state index contributed by atoms with van der Waals surface area (Å²) in [5.74, 6) is -0.661. The lowest BCUT2D eigenvalue weighted by atomic mass is 10.1. The Balaban J connectivity index is 2.87. The van der Waals surface area contributed by atoms with Gasteiger partial charge in [-0.05, 0) is 12.5 Å². The van der Waals surface area contributed by atoms with Crippen LogP contribution in [-0.4, -0.2) is 25.7 Å². The monoisotopic (exact) mass is 355 g/mol. The summed E-state index contributed by atoms with van der Waals surface area (Å²) in [5.41, 5.74) is -0.258. The molecule has 0 aliphatic carbocycles. The molecule has 1 aromatic rings. The average molecular weight is 356 g/mol. The molecular weight excluding hydrogens is 341 g/mol. The summed E-state index contributed by atoms with van der Waals surface area (Å²) in [5, 5.41) is 11.0. The van der Waals surface area contributed by atoms with Crippen molar-refractivity contribution in [1.29, 1.82) is 0 Å². The zero-order chi connectivity index (χ0) is 16.0. The molecule has 0 amide bonds. The summed E-state index contributed by atoms with van der Waals surface area (Å²) in [7, 11) is 1.58. The molecule has 1 rings (SSSR count). The van der Waals surface area contributed by atoms with Gasteiger partial charge in [-0.2, -0.15) is 0 Å². The molecule has 118 valence electrons. The molecule has 0 N–H and O–H groups in total. The van der Waals surface area contributed by atoms with Gasteiger partial charge in [0.15, 0.2) is 0 Å². The van der Waals surface area contributed by atoms with E-state index in [1.807, 2.05) is 6.92 Å². The summed E-state index contributed by atoms with van der Waals surface area (Å²) >= 11 is 5.89. The van der Waals surface area contributed by atoms with Crippen molar-refractivity contribution in [3.63, 3.8) is 0 Å². The van der Waals surface area contributed by atoms with Gasteiger partial charge in [-0.15, -0.1) is 0 Å². The standard InChI is InChI=1S/C12H15Cl2NO5S/c1-2-4-9(8-21(14,18)19)7-20-12-10(13)5-3-6-11(12)15(16)17/h3,5-6,9H,2,4,7-8H2,1H3. The van der Waals surface area contributed by atoms with E-state index in [9.17, 15) is 18.5 Å². The van der Waals surface area contributed by atoms with E-state index in [1.165, 1.54) is 18.2 Å². The molecule has 21 heavy (non-hydrogen) atoms. The van der Waals surface area contributed by atoms with Gasteiger partial charge in [-0.1, -0.05) is 31.0 Å².